The van der Waals surface area contributed by atoms with Crippen LogP contribution >= 0.6 is 0 Å². The van der Waals surface area contributed by atoms with Gasteiger partial charge in [-0.25, -0.2) is 14.4 Å². The molecule has 33 heavy (non-hydrogen) atoms. The van der Waals surface area contributed by atoms with Crippen LogP contribution in [0.25, 0.3) is 16.9 Å². The number of phenols is 1. The van der Waals surface area contributed by atoms with E-state index in [0.717, 1.165) is 5.69 Å². The van der Waals surface area contributed by atoms with Gasteiger partial charge in [0.05, 0.1) is 35.9 Å². The maximum Gasteiger partial charge on any atom is 0.245 e. The summed E-state index contributed by atoms with van der Waals surface area (Å²) >= 11 is 0. The van der Waals surface area contributed by atoms with Crippen LogP contribution in [0, 0.1) is 0 Å². The van der Waals surface area contributed by atoms with Gasteiger partial charge < -0.3 is 24.6 Å². The summed E-state index contributed by atoms with van der Waals surface area (Å²) in [6.45, 7) is 3.99. The van der Waals surface area contributed by atoms with Crippen molar-refractivity contribution in [2.75, 3.05) is 19.1 Å². The Labute approximate surface area is 191 Å². The number of aromatic hydroxyl groups is 1. The molecule has 2 saturated heterocycles. The number of alkyl halides is 1. The van der Waals surface area contributed by atoms with Crippen LogP contribution in [0.1, 0.15) is 26.7 Å². The van der Waals surface area contributed by atoms with Crippen LogP contribution in [-0.2, 0) is 4.74 Å². The van der Waals surface area contributed by atoms with Crippen molar-refractivity contribution in [1.29, 1.82) is 0 Å². The first kappa shape index (κ1) is 21.7. The van der Waals surface area contributed by atoms with Crippen molar-refractivity contribution in [3.63, 3.8) is 0 Å². The lowest BCUT2D eigenvalue weighted by molar-refractivity contribution is 0.0374. The molecule has 10 heteroatoms. The first-order chi connectivity index (χ1) is 15.7. The van der Waals surface area contributed by atoms with E-state index in [1.165, 1.54) is 0 Å². The lowest BCUT2D eigenvalue weighted by atomic mass is 9.82. The van der Waals surface area contributed by atoms with Crippen molar-refractivity contribution in [2.24, 2.45) is 0 Å². The molecule has 0 unspecified atom stereocenters. The van der Waals surface area contributed by atoms with E-state index in [1.807, 2.05) is 13.0 Å². The van der Waals surface area contributed by atoms with Crippen molar-refractivity contribution in [1.82, 2.24) is 30.0 Å². The van der Waals surface area contributed by atoms with Crippen molar-refractivity contribution in [3.05, 3.63) is 43.1 Å². The number of fused-ring (bicyclic) bond motifs is 2. The van der Waals surface area contributed by atoms with Gasteiger partial charge in [-0.15, -0.1) is 10.2 Å². The summed E-state index contributed by atoms with van der Waals surface area (Å²) < 4.78 is 23.1. The number of rotatable bonds is 5. The average molecular weight is 454 g/mol. The van der Waals surface area contributed by atoms with E-state index in [9.17, 15) is 5.11 Å². The van der Waals surface area contributed by atoms with Crippen LogP contribution < -0.4 is 10.2 Å². The van der Waals surface area contributed by atoms with Crippen LogP contribution in [0.2, 0.25) is 0 Å². The fourth-order valence-corrected chi connectivity index (χ4v) is 5.41. The summed E-state index contributed by atoms with van der Waals surface area (Å²) in [4.78, 5) is 10.2. The molecule has 2 aliphatic rings. The van der Waals surface area contributed by atoms with Crippen molar-refractivity contribution in [3.8, 4) is 22.7 Å². The molecule has 5 atom stereocenters. The minimum absolute atomic E-state index is 0.0589. The Kier molecular flexibility index (Phi) is 5.09. The molecule has 0 amide bonds. The van der Waals surface area contributed by atoms with Crippen LogP contribution in [0.3, 0.4) is 0 Å². The number of ether oxygens (including phenoxy) is 1. The van der Waals surface area contributed by atoms with Gasteiger partial charge in [0.2, 0.25) is 5.95 Å². The van der Waals surface area contributed by atoms with Gasteiger partial charge in [-0.05, 0) is 38.8 Å². The van der Waals surface area contributed by atoms with Crippen LogP contribution in [0.5, 0.6) is 5.75 Å². The van der Waals surface area contributed by atoms with E-state index in [1.54, 1.807) is 60.7 Å². The second kappa shape index (κ2) is 7.74. The molecule has 174 valence electrons. The summed E-state index contributed by atoms with van der Waals surface area (Å²) in [6, 6.07) is 4.82. The first-order valence-electron chi connectivity index (χ1n) is 10.9. The Balaban J connectivity index is 1.38. The van der Waals surface area contributed by atoms with Gasteiger partial charge in [-0.3, -0.25) is 0 Å². The normalized spacial score (nSPS) is 31.0. The number of anilines is 1. The Morgan fingerprint density at radius 1 is 1.24 bits per heavy atom. The minimum Gasteiger partial charge on any atom is -0.507 e. The van der Waals surface area contributed by atoms with Crippen molar-refractivity contribution in [2.45, 2.75) is 56.1 Å². The third kappa shape index (κ3) is 3.53. The van der Waals surface area contributed by atoms with Crippen LogP contribution in [0.4, 0.5) is 10.3 Å². The summed E-state index contributed by atoms with van der Waals surface area (Å²) in [5.74, 6) is 0.395. The second-order valence-corrected chi connectivity index (χ2v) is 9.49. The number of hydrogen-bond donors (Lipinski definition) is 2. The fraction of sp³-hybridized carbons (Fsp3) is 0.478. The summed E-state index contributed by atoms with van der Waals surface area (Å²) in [6.07, 6.45) is 6.64. The molecular weight excluding hydrogens is 425 g/mol. The van der Waals surface area contributed by atoms with E-state index in [0.29, 0.717) is 30.0 Å². The average Bonchev–Trinajstić information content (AvgIpc) is 3.41. The third-order valence-corrected chi connectivity index (χ3v) is 7.18. The number of hydrogen-bond acceptors (Lipinski definition) is 8. The molecule has 0 spiro atoms. The number of methoxy groups -OCH3 is 1. The van der Waals surface area contributed by atoms with E-state index in [4.69, 9.17) is 4.74 Å². The standard InChI is InChI=1S/C23H28FN7O2/c1-22-10-17(20(24)23(2,29-22)11-19(22)33-4)30(3)21-26-12-16(27-28-21)15-6-5-14(9-18(15)32)31-8-7-25-13-31/h5-9,12-13,17,19-20,29,32H,10-11H2,1-4H3/t17-,19-,20+,22+,23+/m1/s1. The topological polar surface area (TPSA) is 101 Å². The Bertz CT molecular complexity index is 1140. The first-order valence-corrected chi connectivity index (χ1v) is 10.9. The Hall–Kier alpha value is -3.11. The molecule has 2 N–H and O–H groups in total. The molecule has 2 aromatic heterocycles. The van der Waals surface area contributed by atoms with Crippen LogP contribution in [-0.4, -0.2) is 73.4 Å². The zero-order valence-electron chi connectivity index (χ0n) is 19.1. The van der Waals surface area contributed by atoms with E-state index >= 15 is 4.39 Å². The third-order valence-electron chi connectivity index (χ3n) is 7.18. The minimum atomic E-state index is -1.13. The SMILES string of the molecule is CO[C@@H]1C[C@]2(C)N[C@@]1(C)C[C@@H](N(C)c1ncc(-c3ccc(-n4ccnc4)cc3O)nn1)[C@@H]2F. The number of phenolic OH excluding ortho intramolecular Hbond substituents is 1. The summed E-state index contributed by atoms with van der Waals surface area (Å²) in [5.41, 5.74) is 0.711. The van der Waals surface area contributed by atoms with Gasteiger partial charge >= 0.3 is 0 Å². The maximum atomic E-state index is 15.6. The smallest absolute Gasteiger partial charge is 0.245 e. The van der Waals surface area contributed by atoms with E-state index in [-0.39, 0.29) is 17.4 Å². The van der Waals surface area contributed by atoms with Crippen LogP contribution in [0.15, 0.2) is 43.1 Å². The van der Waals surface area contributed by atoms with Crippen molar-refractivity contribution >= 4 is 5.95 Å². The second-order valence-electron chi connectivity index (χ2n) is 9.49. The predicted octanol–water partition coefficient (Wildman–Crippen LogP) is 2.50. The number of aromatic nitrogens is 5. The Morgan fingerprint density at radius 2 is 2.06 bits per heavy atom. The molecule has 0 aliphatic carbocycles. The molecule has 3 aromatic rings. The van der Waals surface area contributed by atoms with E-state index in [2.05, 4.69) is 32.4 Å². The van der Waals surface area contributed by atoms with Gasteiger partial charge in [0.25, 0.3) is 0 Å². The molecule has 4 heterocycles. The predicted molar refractivity (Wildman–Crippen MR) is 121 cm³/mol. The largest absolute Gasteiger partial charge is 0.507 e. The highest BCUT2D eigenvalue weighted by atomic mass is 19.1. The molecule has 0 saturated carbocycles. The number of nitrogens with zero attached hydrogens (tertiary/aromatic N) is 6. The number of imidazole rings is 1. The number of benzene rings is 1. The summed E-state index contributed by atoms with van der Waals surface area (Å²) in [7, 11) is 3.47. The van der Waals surface area contributed by atoms with Gasteiger partial charge in [-0.1, -0.05) is 0 Å². The van der Waals surface area contributed by atoms with Gasteiger partial charge in [0.1, 0.15) is 17.6 Å². The number of piperidine rings is 1. The Morgan fingerprint density at radius 3 is 2.70 bits per heavy atom. The maximum absolute atomic E-state index is 15.6. The molecule has 9 nitrogen and oxygen atoms in total. The molecular formula is C23H28FN7O2. The zero-order valence-corrected chi connectivity index (χ0v) is 19.1. The number of halogens is 1. The molecule has 2 aliphatic heterocycles. The lowest BCUT2D eigenvalue weighted by Crippen LogP contribution is -2.66. The van der Waals surface area contributed by atoms with Gasteiger partial charge in [0, 0.05) is 43.7 Å². The van der Waals surface area contributed by atoms with Gasteiger partial charge in [-0.2, -0.15) is 0 Å². The molecule has 1 aromatic carbocycles. The lowest BCUT2D eigenvalue weighted by Gasteiger charge is -2.47. The monoisotopic (exact) mass is 453 g/mol. The highest BCUT2D eigenvalue weighted by molar-refractivity contribution is 5.68. The molecule has 2 fully saturated rings. The zero-order chi connectivity index (χ0) is 23.4. The summed E-state index contributed by atoms with van der Waals surface area (Å²) in [5, 5.41) is 22.5. The number of nitrogens with one attached hydrogen (secondary N) is 1. The molecule has 0 radical (unpaired) electrons. The van der Waals surface area contributed by atoms with Crippen molar-refractivity contribution < 1.29 is 14.2 Å². The fourth-order valence-electron chi connectivity index (χ4n) is 5.41. The van der Waals surface area contributed by atoms with Gasteiger partial charge in [0.15, 0.2) is 0 Å². The highest BCUT2D eigenvalue weighted by Gasteiger charge is 2.61. The van der Waals surface area contributed by atoms with E-state index < -0.39 is 17.8 Å². The molecule has 5 rings (SSSR count). The molecule has 2 bridgehead atoms. The quantitative estimate of drug-likeness (QED) is 0.608. The highest BCUT2D eigenvalue weighted by Crippen LogP contribution is 2.46.